The number of hydrogen-bond acceptors (Lipinski definition) is 4. The molecule has 0 saturated carbocycles. The monoisotopic (exact) mass is 374 g/mol. The van der Waals surface area contributed by atoms with Gasteiger partial charge in [-0.1, -0.05) is 16.8 Å². The van der Waals surface area contributed by atoms with Gasteiger partial charge >= 0.3 is 6.03 Å². The molecule has 134 valence electrons. The fourth-order valence-corrected chi connectivity index (χ4v) is 2.39. The summed E-state index contributed by atoms with van der Waals surface area (Å²) in [5, 5.41) is 7.25. The van der Waals surface area contributed by atoms with Gasteiger partial charge in [0.2, 0.25) is 11.7 Å². The third kappa shape index (κ3) is 4.37. The van der Waals surface area contributed by atoms with Gasteiger partial charge in [-0.2, -0.15) is 4.98 Å². The number of hydrogen-bond donors (Lipinski definition) is 1. The Morgan fingerprint density at radius 1 is 1.19 bits per heavy atom. The number of rotatable bonds is 5. The average molecular weight is 375 g/mol. The van der Waals surface area contributed by atoms with Crippen LogP contribution < -0.4 is 5.32 Å². The van der Waals surface area contributed by atoms with E-state index in [0.717, 1.165) is 5.56 Å². The third-order valence-electron chi connectivity index (χ3n) is 3.66. The van der Waals surface area contributed by atoms with E-state index in [1.54, 1.807) is 24.3 Å². The van der Waals surface area contributed by atoms with Crippen molar-refractivity contribution in [1.82, 2.24) is 15.0 Å². The van der Waals surface area contributed by atoms with Gasteiger partial charge in [0.05, 0.1) is 0 Å². The summed E-state index contributed by atoms with van der Waals surface area (Å²) in [5.41, 5.74) is 1.27. The second-order valence-electron chi connectivity index (χ2n) is 5.47. The van der Waals surface area contributed by atoms with Gasteiger partial charge in [0.15, 0.2) is 0 Å². The SMILES string of the molecule is CCN(Cc1nc(-c2ccc(Cl)cc2)no1)C(=O)Nc1ccc(F)cc1. The van der Waals surface area contributed by atoms with E-state index in [-0.39, 0.29) is 18.4 Å². The van der Waals surface area contributed by atoms with E-state index in [2.05, 4.69) is 15.5 Å². The topological polar surface area (TPSA) is 71.3 Å². The Kier molecular flexibility index (Phi) is 5.48. The highest BCUT2D eigenvalue weighted by Gasteiger charge is 2.17. The van der Waals surface area contributed by atoms with Crippen molar-refractivity contribution in [3.05, 3.63) is 65.3 Å². The molecule has 3 rings (SSSR count). The van der Waals surface area contributed by atoms with Crippen LogP contribution in [-0.2, 0) is 6.54 Å². The summed E-state index contributed by atoms with van der Waals surface area (Å²) < 4.78 is 18.2. The largest absolute Gasteiger partial charge is 0.337 e. The number of carbonyl (C=O) groups excluding carboxylic acids is 1. The van der Waals surface area contributed by atoms with Gasteiger partial charge in [0, 0.05) is 22.8 Å². The molecule has 0 aliphatic carbocycles. The van der Waals surface area contributed by atoms with Crippen molar-refractivity contribution in [3.63, 3.8) is 0 Å². The first-order valence-electron chi connectivity index (χ1n) is 7.95. The first kappa shape index (κ1) is 17.9. The van der Waals surface area contributed by atoms with E-state index in [9.17, 15) is 9.18 Å². The summed E-state index contributed by atoms with van der Waals surface area (Å²) >= 11 is 5.87. The van der Waals surface area contributed by atoms with Crippen LogP contribution in [0.4, 0.5) is 14.9 Å². The van der Waals surface area contributed by atoms with Crippen molar-refractivity contribution in [2.24, 2.45) is 0 Å². The molecule has 0 unspecified atom stereocenters. The van der Waals surface area contributed by atoms with E-state index in [0.29, 0.717) is 29.0 Å². The number of nitrogens with one attached hydrogen (secondary N) is 1. The fraction of sp³-hybridized carbons (Fsp3) is 0.167. The minimum atomic E-state index is -0.365. The summed E-state index contributed by atoms with van der Waals surface area (Å²) in [4.78, 5) is 18.2. The number of anilines is 1. The number of urea groups is 1. The number of benzene rings is 2. The molecule has 1 heterocycles. The zero-order chi connectivity index (χ0) is 18.5. The van der Waals surface area contributed by atoms with Crippen LogP contribution in [0.5, 0.6) is 0 Å². The quantitative estimate of drug-likeness (QED) is 0.709. The van der Waals surface area contributed by atoms with Crippen LogP contribution in [0.15, 0.2) is 53.1 Å². The van der Waals surface area contributed by atoms with E-state index in [1.807, 2.05) is 6.92 Å². The normalized spacial score (nSPS) is 10.6. The molecule has 6 nitrogen and oxygen atoms in total. The summed E-state index contributed by atoms with van der Waals surface area (Å²) in [6, 6.07) is 12.3. The Bertz CT molecular complexity index is 881. The second-order valence-corrected chi connectivity index (χ2v) is 5.91. The van der Waals surface area contributed by atoms with Crippen LogP contribution in [0, 0.1) is 5.82 Å². The number of amides is 2. The van der Waals surface area contributed by atoms with Crippen LogP contribution in [-0.4, -0.2) is 27.6 Å². The molecule has 0 radical (unpaired) electrons. The number of nitrogens with zero attached hydrogens (tertiary/aromatic N) is 3. The predicted molar refractivity (Wildman–Crippen MR) is 96.2 cm³/mol. The maximum atomic E-state index is 12.9. The lowest BCUT2D eigenvalue weighted by Crippen LogP contribution is -2.34. The highest BCUT2D eigenvalue weighted by molar-refractivity contribution is 6.30. The molecule has 0 atom stereocenters. The Morgan fingerprint density at radius 3 is 2.54 bits per heavy atom. The summed E-state index contributed by atoms with van der Waals surface area (Å²) in [7, 11) is 0. The second kappa shape index (κ2) is 7.97. The zero-order valence-corrected chi connectivity index (χ0v) is 14.7. The van der Waals surface area contributed by atoms with Crippen LogP contribution in [0.25, 0.3) is 11.4 Å². The lowest BCUT2D eigenvalue weighted by molar-refractivity contribution is 0.203. The highest BCUT2D eigenvalue weighted by Crippen LogP contribution is 2.19. The van der Waals surface area contributed by atoms with Crippen LogP contribution in [0.3, 0.4) is 0 Å². The Morgan fingerprint density at radius 2 is 1.88 bits per heavy atom. The van der Waals surface area contributed by atoms with Crippen molar-refractivity contribution in [1.29, 1.82) is 0 Å². The molecule has 26 heavy (non-hydrogen) atoms. The molecular formula is C18H16ClFN4O2. The molecule has 8 heteroatoms. The van der Waals surface area contributed by atoms with E-state index in [1.165, 1.54) is 29.2 Å². The first-order chi connectivity index (χ1) is 12.5. The minimum absolute atomic E-state index is 0.157. The average Bonchev–Trinajstić information content (AvgIpc) is 3.11. The smallest absolute Gasteiger partial charge is 0.322 e. The Balaban J connectivity index is 1.67. The lowest BCUT2D eigenvalue weighted by Gasteiger charge is -2.19. The highest BCUT2D eigenvalue weighted by atomic mass is 35.5. The van der Waals surface area contributed by atoms with Crippen molar-refractivity contribution in [2.75, 3.05) is 11.9 Å². The molecule has 0 spiro atoms. The van der Waals surface area contributed by atoms with Crippen LogP contribution in [0.2, 0.25) is 5.02 Å². The standard InChI is InChI=1S/C18H16ClFN4O2/c1-2-24(18(25)21-15-9-7-14(20)8-10-15)11-16-22-17(23-26-16)12-3-5-13(19)6-4-12/h3-10H,2,11H2,1H3,(H,21,25). The summed E-state index contributed by atoms with van der Waals surface area (Å²) in [6.07, 6.45) is 0. The molecule has 0 fully saturated rings. The molecule has 0 bridgehead atoms. The van der Waals surface area contributed by atoms with Crippen molar-refractivity contribution in [3.8, 4) is 11.4 Å². The van der Waals surface area contributed by atoms with Gasteiger partial charge in [-0.25, -0.2) is 9.18 Å². The molecule has 2 amide bonds. The minimum Gasteiger partial charge on any atom is -0.337 e. The van der Waals surface area contributed by atoms with Crippen molar-refractivity contribution >= 4 is 23.3 Å². The van der Waals surface area contributed by atoms with Crippen LogP contribution >= 0.6 is 11.6 Å². The molecule has 0 saturated heterocycles. The molecular weight excluding hydrogens is 359 g/mol. The lowest BCUT2D eigenvalue weighted by atomic mass is 10.2. The number of carbonyl (C=O) groups is 1. The summed E-state index contributed by atoms with van der Waals surface area (Å²) in [6.45, 7) is 2.43. The maximum Gasteiger partial charge on any atom is 0.322 e. The van der Waals surface area contributed by atoms with Gasteiger partial charge in [0.1, 0.15) is 12.4 Å². The van der Waals surface area contributed by atoms with E-state index < -0.39 is 0 Å². The van der Waals surface area contributed by atoms with Crippen LogP contribution in [0.1, 0.15) is 12.8 Å². The fourth-order valence-electron chi connectivity index (χ4n) is 2.26. The third-order valence-corrected chi connectivity index (χ3v) is 3.91. The maximum absolute atomic E-state index is 12.9. The van der Waals surface area contributed by atoms with Gasteiger partial charge in [-0.3, -0.25) is 0 Å². The van der Waals surface area contributed by atoms with E-state index >= 15 is 0 Å². The van der Waals surface area contributed by atoms with Crippen molar-refractivity contribution < 1.29 is 13.7 Å². The molecule has 2 aromatic carbocycles. The number of aromatic nitrogens is 2. The molecule has 1 N–H and O–H groups in total. The molecule has 3 aromatic rings. The molecule has 0 aliphatic heterocycles. The predicted octanol–water partition coefficient (Wildman–Crippen LogP) is 4.58. The number of halogens is 2. The Hall–Kier alpha value is -2.93. The van der Waals surface area contributed by atoms with Gasteiger partial charge in [0.25, 0.3) is 0 Å². The summed E-state index contributed by atoms with van der Waals surface area (Å²) in [5.74, 6) is 0.369. The molecule has 0 aliphatic rings. The van der Waals surface area contributed by atoms with Crippen molar-refractivity contribution in [2.45, 2.75) is 13.5 Å². The zero-order valence-electron chi connectivity index (χ0n) is 13.9. The first-order valence-corrected chi connectivity index (χ1v) is 8.33. The van der Waals surface area contributed by atoms with Gasteiger partial charge in [-0.05, 0) is 55.5 Å². The van der Waals surface area contributed by atoms with E-state index in [4.69, 9.17) is 16.1 Å². The van der Waals surface area contributed by atoms with Gasteiger partial charge in [-0.15, -0.1) is 0 Å². The van der Waals surface area contributed by atoms with Gasteiger partial charge < -0.3 is 14.7 Å². The molecule has 1 aromatic heterocycles. The Labute approximate surface area is 154 Å².